The summed E-state index contributed by atoms with van der Waals surface area (Å²) in [5, 5.41) is 27.6. The Hall–Kier alpha value is -2.29. The molecule has 1 heterocycles. The van der Waals surface area contributed by atoms with Crippen molar-refractivity contribution in [3.63, 3.8) is 0 Å². The third kappa shape index (κ3) is 3.45. The largest absolute Gasteiger partial charge is 0.504 e. The van der Waals surface area contributed by atoms with Crippen LogP contribution in [0, 0.1) is 0 Å². The molecule has 1 unspecified atom stereocenters. The van der Waals surface area contributed by atoms with Crippen LogP contribution in [0.25, 0.3) is 0 Å². The Bertz CT molecular complexity index is 850. The number of fused-ring (bicyclic) bond motifs is 1. The first kappa shape index (κ1) is 16.6. The molecule has 0 spiro atoms. The number of rotatable bonds is 4. The van der Waals surface area contributed by atoms with E-state index in [1.54, 1.807) is 6.07 Å². The number of hydrogen-bond donors (Lipinski definition) is 4. The van der Waals surface area contributed by atoms with Crippen molar-refractivity contribution in [1.29, 1.82) is 0 Å². The molecule has 8 heteroatoms. The van der Waals surface area contributed by atoms with Crippen molar-refractivity contribution in [1.82, 2.24) is 5.32 Å². The van der Waals surface area contributed by atoms with Crippen LogP contribution in [-0.4, -0.2) is 31.8 Å². The molecule has 0 saturated carbocycles. The van der Waals surface area contributed by atoms with Crippen LogP contribution in [-0.2, 0) is 16.4 Å². The zero-order chi connectivity index (χ0) is 17.3. The molecule has 0 fully saturated rings. The monoisotopic (exact) mass is 350 g/mol. The third-order valence-electron chi connectivity index (χ3n) is 3.97. The van der Waals surface area contributed by atoms with Crippen molar-refractivity contribution in [3.8, 4) is 17.2 Å². The molecule has 24 heavy (non-hydrogen) atoms. The molecule has 5 N–H and O–H groups in total. The maximum atomic E-state index is 11.2. The van der Waals surface area contributed by atoms with Crippen LogP contribution in [0.3, 0.4) is 0 Å². The quantitative estimate of drug-likeness (QED) is 0.611. The van der Waals surface area contributed by atoms with Gasteiger partial charge in [0.2, 0.25) is 10.0 Å². The summed E-state index contributed by atoms with van der Waals surface area (Å²) in [5.74, 6) is 0.216. The summed E-state index contributed by atoms with van der Waals surface area (Å²) in [6, 6.07) is 8.82. The van der Waals surface area contributed by atoms with Gasteiger partial charge in [0.15, 0.2) is 11.5 Å². The van der Waals surface area contributed by atoms with Crippen molar-refractivity contribution >= 4 is 10.0 Å². The molecule has 0 aliphatic carbocycles. The summed E-state index contributed by atoms with van der Waals surface area (Å²) in [7, 11) is -3.72. The summed E-state index contributed by atoms with van der Waals surface area (Å²) in [6.07, 6.45) is 0.753. The van der Waals surface area contributed by atoms with Crippen molar-refractivity contribution in [2.24, 2.45) is 5.14 Å². The Kier molecular flexibility index (Phi) is 4.35. The highest BCUT2D eigenvalue weighted by molar-refractivity contribution is 7.89. The predicted molar refractivity (Wildman–Crippen MR) is 87.5 cm³/mol. The lowest BCUT2D eigenvalue weighted by molar-refractivity contribution is 0.260. The number of sulfonamides is 1. The molecule has 0 aromatic heterocycles. The summed E-state index contributed by atoms with van der Waals surface area (Å²) in [6.45, 7) is 1.03. The van der Waals surface area contributed by atoms with Gasteiger partial charge in [-0.15, -0.1) is 0 Å². The van der Waals surface area contributed by atoms with Crippen LogP contribution in [0.15, 0.2) is 41.3 Å². The number of phenolic OH excluding ortho intramolecular Hbond substituents is 2. The molecular weight excluding hydrogens is 332 g/mol. The first-order chi connectivity index (χ1) is 11.3. The van der Waals surface area contributed by atoms with Gasteiger partial charge in [-0.05, 0) is 60.5 Å². The van der Waals surface area contributed by atoms with E-state index in [2.05, 4.69) is 5.32 Å². The summed E-state index contributed by atoms with van der Waals surface area (Å²) < 4.78 is 28.2. The number of primary sulfonamides is 1. The molecule has 1 aliphatic heterocycles. The summed E-state index contributed by atoms with van der Waals surface area (Å²) in [4.78, 5) is 0.0244. The van der Waals surface area contributed by atoms with Crippen molar-refractivity contribution < 1.29 is 23.4 Å². The highest BCUT2D eigenvalue weighted by atomic mass is 32.2. The smallest absolute Gasteiger partial charge is 0.238 e. The van der Waals surface area contributed by atoms with Crippen LogP contribution in [0.5, 0.6) is 17.2 Å². The number of benzene rings is 2. The van der Waals surface area contributed by atoms with E-state index in [0.717, 1.165) is 24.1 Å². The van der Waals surface area contributed by atoms with Gasteiger partial charge in [0.25, 0.3) is 0 Å². The van der Waals surface area contributed by atoms with Gasteiger partial charge in [0.05, 0.1) is 10.9 Å². The Morgan fingerprint density at radius 3 is 2.50 bits per heavy atom. The lowest BCUT2D eigenvalue weighted by Crippen LogP contribution is -2.33. The van der Waals surface area contributed by atoms with Gasteiger partial charge in [-0.3, -0.25) is 0 Å². The van der Waals surface area contributed by atoms with E-state index in [0.29, 0.717) is 12.4 Å². The minimum Gasteiger partial charge on any atom is -0.504 e. The number of phenols is 2. The van der Waals surface area contributed by atoms with Crippen LogP contribution < -0.4 is 15.2 Å². The highest BCUT2D eigenvalue weighted by Gasteiger charge is 2.22. The van der Waals surface area contributed by atoms with E-state index >= 15 is 0 Å². The SMILES string of the molecule is NS(=O)(=O)c1ccc(OCC2NCCc3cc(O)c(O)cc32)cc1. The van der Waals surface area contributed by atoms with Gasteiger partial charge in [-0.25, -0.2) is 13.6 Å². The van der Waals surface area contributed by atoms with Gasteiger partial charge in [-0.1, -0.05) is 0 Å². The molecule has 1 aliphatic rings. The van der Waals surface area contributed by atoms with Gasteiger partial charge in [-0.2, -0.15) is 0 Å². The van der Waals surface area contributed by atoms with Crippen LogP contribution in [0.4, 0.5) is 0 Å². The highest BCUT2D eigenvalue weighted by Crippen LogP contribution is 2.33. The van der Waals surface area contributed by atoms with E-state index in [1.807, 2.05) is 0 Å². The molecule has 2 aromatic carbocycles. The fourth-order valence-corrected chi connectivity index (χ4v) is 3.24. The molecule has 3 rings (SSSR count). The number of aromatic hydroxyl groups is 2. The summed E-state index contributed by atoms with van der Waals surface area (Å²) in [5.41, 5.74) is 1.83. The predicted octanol–water partition coefficient (Wildman–Crippen LogP) is 1.01. The van der Waals surface area contributed by atoms with Crippen LogP contribution in [0.2, 0.25) is 0 Å². The van der Waals surface area contributed by atoms with E-state index < -0.39 is 10.0 Å². The van der Waals surface area contributed by atoms with Gasteiger partial charge >= 0.3 is 0 Å². The number of nitrogens with one attached hydrogen (secondary N) is 1. The standard InChI is InChI=1S/C16H18N2O5S/c17-24(21,22)12-3-1-11(2-4-12)23-9-14-13-8-16(20)15(19)7-10(13)5-6-18-14/h1-4,7-8,14,18-20H,5-6,9H2,(H2,17,21,22). The molecular formula is C16H18N2O5S. The maximum absolute atomic E-state index is 11.2. The van der Waals surface area contributed by atoms with Crippen molar-refractivity contribution in [3.05, 3.63) is 47.5 Å². The molecule has 2 aromatic rings. The molecule has 1 atom stereocenters. The number of ether oxygens (including phenoxy) is 1. The molecule has 0 saturated heterocycles. The normalized spacial score (nSPS) is 17.3. The van der Waals surface area contributed by atoms with Crippen LogP contribution >= 0.6 is 0 Å². The van der Waals surface area contributed by atoms with Crippen molar-refractivity contribution in [2.45, 2.75) is 17.4 Å². The van der Waals surface area contributed by atoms with Gasteiger partial charge < -0.3 is 20.3 Å². The lowest BCUT2D eigenvalue weighted by atomic mass is 9.94. The fraction of sp³-hybridized carbons (Fsp3) is 0.250. The van der Waals surface area contributed by atoms with E-state index in [1.165, 1.54) is 30.3 Å². The summed E-state index contributed by atoms with van der Waals surface area (Å²) >= 11 is 0. The zero-order valence-electron chi connectivity index (χ0n) is 12.8. The van der Waals surface area contributed by atoms with Gasteiger partial charge in [0, 0.05) is 0 Å². The second-order valence-electron chi connectivity index (χ2n) is 5.62. The average molecular weight is 350 g/mol. The number of nitrogens with two attached hydrogens (primary N) is 1. The van der Waals surface area contributed by atoms with Crippen LogP contribution in [0.1, 0.15) is 17.2 Å². The average Bonchev–Trinajstić information content (AvgIpc) is 2.54. The first-order valence-electron chi connectivity index (χ1n) is 7.38. The van der Waals surface area contributed by atoms with E-state index in [4.69, 9.17) is 9.88 Å². The maximum Gasteiger partial charge on any atom is 0.238 e. The Balaban J connectivity index is 1.73. The lowest BCUT2D eigenvalue weighted by Gasteiger charge is -2.27. The fourth-order valence-electron chi connectivity index (χ4n) is 2.72. The van der Waals surface area contributed by atoms with E-state index in [9.17, 15) is 18.6 Å². The van der Waals surface area contributed by atoms with Crippen molar-refractivity contribution in [2.75, 3.05) is 13.2 Å². The number of hydrogen-bond acceptors (Lipinski definition) is 6. The zero-order valence-corrected chi connectivity index (χ0v) is 13.6. The second-order valence-corrected chi connectivity index (χ2v) is 7.19. The second kappa shape index (κ2) is 6.31. The molecule has 0 amide bonds. The molecule has 128 valence electrons. The minimum absolute atomic E-state index is 0.0244. The third-order valence-corrected chi connectivity index (χ3v) is 4.90. The van der Waals surface area contributed by atoms with Gasteiger partial charge in [0.1, 0.15) is 12.4 Å². The Labute approximate surface area is 139 Å². The topological polar surface area (TPSA) is 122 Å². The molecule has 0 radical (unpaired) electrons. The first-order valence-corrected chi connectivity index (χ1v) is 8.93. The van der Waals surface area contributed by atoms with E-state index in [-0.39, 0.29) is 22.4 Å². The molecule has 0 bridgehead atoms. The minimum atomic E-state index is -3.72. The molecule has 7 nitrogen and oxygen atoms in total. The Morgan fingerprint density at radius 1 is 1.17 bits per heavy atom. The Morgan fingerprint density at radius 2 is 1.83 bits per heavy atom.